The summed E-state index contributed by atoms with van der Waals surface area (Å²) in [4.78, 5) is 26.5. The first kappa shape index (κ1) is 19.8. The monoisotopic (exact) mass is 375 g/mol. The smallest absolute Gasteiger partial charge is 0.308 e. The Hall–Kier alpha value is -2.57. The molecular weight excluding hydrogens is 354 g/mol. The molecule has 0 bridgehead atoms. The zero-order valence-corrected chi connectivity index (χ0v) is 15.4. The number of halogens is 1. The number of rotatable bonds is 6. The van der Waals surface area contributed by atoms with Gasteiger partial charge in [0.2, 0.25) is 0 Å². The van der Waals surface area contributed by atoms with E-state index in [4.69, 9.17) is 16.8 Å². The number of hydrogen-bond donors (Lipinski definition) is 3. The second-order valence-corrected chi connectivity index (χ2v) is 6.66. The highest BCUT2D eigenvalue weighted by atomic mass is 35.5. The van der Waals surface area contributed by atoms with Crippen LogP contribution in [0.4, 0.5) is 10.5 Å². The van der Waals surface area contributed by atoms with Gasteiger partial charge in [-0.25, -0.2) is 10.3 Å². The lowest BCUT2D eigenvalue weighted by atomic mass is 10.0. The van der Waals surface area contributed by atoms with Gasteiger partial charge in [0, 0.05) is 17.3 Å². The lowest BCUT2D eigenvalue weighted by molar-refractivity contribution is -0.135. The number of anilines is 1. The normalized spacial score (nSPS) is 11.7. The van der Waals surface area contributed by atoms with E-state index in [9.17, 15) is 9.59 Å². The number of hydroxylamine groups is 1. The number of benzene rings is 2. The Bertz CT molecular complexity index is 753. The van der Waals surface area contributed by atoms with E-state index in [1.54, 1.807) is 29.7 Å². The van der Waals surface area contributed by atoms with Gasteiger partial charge in [0.15, 0.2) is 0 Å². The zero-order chi connectivity index (χ0) is 19.1. The van der Waals surface area contributed by atoms with Gasteiger partial charge >= 0.3 is 6.03 Å². The van der Waals surface area contributed by atoms with Crippen LogP contribution in [0, 0.1) is 5.92 Å². The molecule has 1 atom stereocenters. The average Bonchev–Trinajstić information content (AvgIpc) is 2.61. The Labute approximate surface area is 157 Å². The third kappa shape index (κ3) is 5.21. The van der Waals surface area contributed by atoms with Crippen LogP contribution in [0.25, 0.3) is 0 Å². The molecule has 0 aliphatic heterocycles. The lowest BCUT2D eigenvalue weighted by Crippen LogP contribution is -2.52. The molecule has 0 saturated carbocycles. The summed E-state index contributed by atoms with van der Waals surface area (Å²) in [6, 6.07) is 14.8. The van der Waals surface area contributed by atoms with Crippen molar-refractivity contribution in [2.24, 2.45) is 5.92 Å². The molecule has 0 radical (unpaired) electrons. The van der Waals surface area contributed by atoms with Crippen LogP contribution < -0.4 is 10.8 Å². The standard InChI is InChI=1S/C19H22ClN3O3/c1-13(2)17(18(24)22-26)23(12-14-7-4-3-5-8-14)19(25)21-16-10-6-9-15(20)11-16/h3-11,13,17,26H,12H2,1-2H3,(H,21,25)(H,22,24)/t17-/m0/s1. The molecule has 3 amide bonds. The van der Waals surface area contributed by atoms with Gasteiger partial charge in [-0.1, -0.05) is 61.8 Å². The van der Waals surface area contributed by atoms with Gasteiger partial charge in [0.1, 0.15) is 6.04 Å². The molecule has 0 unspecified atom stereocenters. The minimum atomic E-state index is -0.848. The summed E-state index contributed by atoms with van der Waals surface area (Å²) in [6.45, 7) is 3.83. The third-order valence-corrected chi connectivity index (χ3v) is 4.11. The van der Waals surface area contributed by atoms with Crippen LogP contribution in [0.3, 0.4) is 0 Å². The third-order valence-electron chi connectivity index (χ3n) is 3.88. The predicted octanol–water partition coefficient (Wildman–Crippen LogP) is 3.90. The van der Waals surface area contributed by atoms with Crippen molar-refractivity contribution in [3.8, 4) is 0 Å². The predicted molar refractivity (Wildman–Crippen MR) is 101 cm³/mol. The van der Waals surface area contributed by atoms with Gasteiger partial charge in [-0.05, 0) is 29.7 Å². The number of nitrogens with zero attached hydrogens (tertiary/aromatic N) is 1. The van der Waals surface area contributed by atoms with Crippen molar-refractivity contribution in [3.63, 3.8) is 0 Å². The molecule has 6 nitrogen and oxygen atoms in total. The van der Waals surface area contributed by atoms with Crippen molar-refractivity contribution in [2.45, 2.75) is 26.4 Å². The molecule has 138 valence electrons. The van der Waals surface area contributed by atoms with Crippen molar-refractivity contribution in [3.05, 3.63) is 65.2 Å². The molecule has 0 spiro atoms. The molecule has 26 heavy (non-hydrogen) atoms. The van der Waals surface area contributed by atoms with Crippen molar-refractivity contribution < 1.29 is 14.8 Å². The van der Waals surface area contributed by atoms with Crippen molar-refractivity contribution in [1.29, 1.82) is 0 Å². The number of amides is 3. The number of nitrogens with one attached hydrogen (secondary N) is 2. The molecule has 2 aromatic carbocycles. The molecule has 0 aromatic heterocycles. The topological polar surface area (TPSA) is 81.7 Å². The highest BCUT2D eigenvalue weighted by molar-refractivity contribution is 6.30. The van der Waals surface area contributed by atoms with E-state index < -0.39 is 18.0 Å². The van der Waals surface area contributed by atoms with Crippen LogP contribution in [0.1, 0.15) is 19.4 Å². The van der Waals surface area contributed by atoms with Gasteiger partial charge in [-0.2, -0.15) is 0 Å². The van der Waals surface area contributed by atoms with E-state index >= 15 is 0 Å². The number of carbonyl (C=O) groups excluding carboxylic acids is 2. The van der Waals surface area contributed by atoms with Gasteiger partial charge < -0.3 is 10.2 Å². The van der Waals surface area contributed by atoms with Gasteiger partial charge in [-0.3, -0.25) is 10.0 Å². The zero-order valence-electron chi connectivity index (χ0n) is 14.6. The number of carbonyl (C=O) groups is 2. The summed E-state index contributed by atoms with van der Waals surface area (Å²) in [7, 11) is 0. The molecular formula is C19H22ClN3O3. The first-order chi connectivity index (χ1) is 12.4. The fourth-order valence-corrected chi connectivity index (χ4v) is 2.90. The maximum Gasteiger partial charge on any atom is 0.322 e. The number of hydrogen-bond acceptors (Lipinski definition) is 3. The summed E-state index contributed by atoms with van der Waals surface area (Å²) in [5.41, 5.74) is 3.05. The summed E-state index contributed by atoms with van der Waals surface area (Å²) >= 11 is 5.96. The Morgan fingerprint density at radius 1 is 1.12 bits per heavy atom. The maximum atomic E-state index is 12.9. The van der Waals surface area contributed by atoms with Crippen LogP contribution >= 0.6 is 11.6 Å². The Balaban J connectivity index is 2.31. The van der Waals surface area contributed by atoms with Crippen LogP contribution in [0.2, 0.25) is 5.02 Å². The Kier molecular flexibility index (Phi) is 7.00. The molecule has 2 rings (SSSR count). The molecule has 0 aliphatic carbocycles. The highest BCUT2D eigenvalue weighted by Crippen LogP contribution is 2.19. The van der Waals surface area contributed by atoms with E-state index in [2.05, 4.69) is 5.32 Å². The highest BCUT2D eigenvalue weighted by Gasteiger charge is 2.32. The summed E-state index contributed by atoms with van der Waals surface area (Å²) in [5, 5.41) is 12.4. The Morgan fingerprint density at radius 3 is 2.38 bits per heavy atom. The van der Waals surface area contributed by atoms with E-state index in [0.29, 0.717) is 10.7 Å². The van der Waals surface area contributed by atoms with E-state index in [1.165, 1.54) is 4.90 Å². The van der Waals surface area contributed by atoms with Crippen LogP contribution in [-0.4, -0.2) is 28.1 Å². The van der Waals surface area contributed by atoms with Crippen LogP contribution in [-0.2, 0) is 11.3 Å². The average molecular weight is 376 g/mol. The van der Waals surface area contributed by atoms with E-state index in [-0.39, 0.29) is 12.5 Å². The van der Waals surface area contributed by atoms with Gasteiger partial charge in [0.25, 0.3) is 5.91 Å². The molecule has 0 saturated heterocycles. The largest absolute Gasteiger partial charge is 0.322 e. The SMILES string of the molecule is CC(C)[C@@H](C(=O)NO)N(Cc1ccccc1)C(=O)Nc1cccc(Cl)c1. The maximum absolute atomic E-state index is 12.9. The lowest BCUT2D eigenvalue weighted by Gasteiger charge is -2.33. The summed E-state index contributed by atoms with van der Waals surface area (Å²) in [5.74, 6) is -0.854. The fourth-order valence-electron chi connectivity index (χ4n) is 2.71. The summed E-state index contributed by atoms with van der Waals surface area (Å²) in [6.07, 6.45) is 0. The molecule has 2 aromatic rings. The second kappa shape index (κ2) is 9.22. The first-order valence-corrected chi connectivity index (χ1v) is 8.61. The summed E-state index contributed by atoms with van der Waals surface area (Å²) < 4.78 is 0. The number of urea groups is 1. The van der Waals surface area contributed by atoms with Crippen molar-refractivity contribution >= 4 is 29.2 Å². The molecule has 0 heterocycles. The van der Waals surface area contributed by atoms with E-state index in [1.807, 2.05) is 44.2 Å². The van der Waals surface area contributed by atoms with Crippen LogP contribution in [0.15, 0.2) is 54.6 Å². The fraction of sp³-hybridized carbons (Fsp3) is 0.263. The second-order valence-electron chi connectivity index (χ2n) is 6.22. The minimum absolute atomic E-state index is 0.212. The molecule has 0 aliphatic rings. The molecule has 0 fully saturated rings. The van der Waals surface area contributed by atoms with Crippen LogP contribution in [0.5, 0.6) is 0 Å². The van der Waals surface area contributed by atoms with Gasteiger partial charge in [0.05, 0.1) is 0 Å². The van der Waals surface area contributed by atoms with Crippen molar-refractivity contribution in [1.82, 2.24) is 10.4 Å². The van der Waals surface area contributed by atoms with Crippen molar-refractivity contribution in [2.75, 3.05) is 5.32 Å². The molecule has 7 heteroatoms. The van der Waals surface area contributed by atoms with E-state index in [0.717, 1.165) is 5.56 Å². The quantitative estimate of drug-likeness (QED) is 0.529. The molecule has 3 N–H and O–H groups in total. The first-order valence-electron chi connectivity index (χ1n) is 8.23. The Morgan fingerprint density at radius 2 is 1.81 bits per heavy atom. The van der Waals surface area contributed by atoms with Gasteiger partial charge in [-0.15, -0.1) is 0 Å². The minimum Gasteiger partial charge on any atom is -0.308 e.